The molecule has 0 radical (unpaired) electrons. The van der Waals surface area contributed by atoms with Crippen molar-refractivity contribution >= 4 is 5.97 Å². The Morgan fingerprint density at radius 2 is 1.89 bits per heavy atom. The van der Waals surface area contributed by atoms with Crippen LogP contribution in [0.5, 0.6) is 0 Å². The predicted molar refractivity (Wildman–Crippen MR) is 71.2 cm³/mol. The van der Waals surface area contributed by atoms with Gasteiger partial charge in [0.05, 0.1) is 19.1 Å². The van der Waals surface area contributed by atoms with Gasteiger partial charge >= 0.3 is 5.97 Å². The summed E-state index contributed by atoms with van der Waals surface area (Å²) >= 11 is 0. The van der Waals surface area contributed by atoms with Crippen molar-refractivity contribution in [1.82, 2.24) is 0 Å². The zero-order valence-electron chi connectivity index (χ0n) is 11.3. The Balaban J connectivity index is 2.58. The number of rotatable bonds is 6. The average molecular weight is 250 g/mol. The van der Waals surface area contributed by atoms with E-state index in [9.17, 15) is 9.90 Å². The lowest BCUT2D eigenvalue weighted by Crippen LogP contribution is -2.10. The van der Waals surface area contributed by atoms with E-state index in [1.165, 1.54) is 5.56 Å². The second-order valence-corrected chi connectivity index (χ2v) is 4.86. The van der Waals surface area contributed by atoms with Gasteiger partial charge in [-0.2, -0.15) is 0 Å². The quantitative estimate of drug-likeness (QED) is 0.790. The van der Waals surface area contributed by atoms with Crippen molar-refractivity contribution in [3.8, 4) is 0 Å². The zero-order chi connectivity index (χ0) is 13.5. The van der Waals surface area contributed by atoms with Crippen molar-refractivity contribution in [3.63, 3.8) is 0 Å². The number of carbonyl (C=O) groups excluding carboxylic acids is 1. The Morgan fingerprint density at radius 3 is 2.39 bits per heavy atom. The van der Waals surface area contributed by atoms with Crippen LogP contribution in [0.3, 0.4) is 0 Å². The highest BCUT2D eigenvalue weighted by atomic mass is 16.5. The summed E-state index contributed by atoms with van der Waals surface area (Å²) in [5.41, 5.74) is 2.01. The molecule has 0 amide bonds. The van der Waals surface area contributed by atoms with Gasteiger partial charge in [-0.25, -0.2) is 0 Å². The highest BCUT2D eigenvalue weighted by Crippen LogP contribution is 2.19. The van der Waals surface area contributed by atoms with Gasteiger partial charge in [-0.3, -0.25) is 4.79 Å². The Morgan fingerprint density at radius 1 is 1.28 bits per heavy atom. The van der Waals surface area contributed by atoms with E-state index in [-0.39, 0.29) is 12.4 Å². The highest BCUT2D eigenvalue weighted by Gasteiger charge is 2.13. The molecule has 1 N–H and O–H groups in total. The maximum absolute atomic E-state index is 11.3. The van der Waals surface area contributed by atoms with Crippen LogP contribution in [0.1, 0.15) is 44.4 Å². The number of hydrogen-bond donors (Lipinski definition) is 1. The summed E-state index contributed by atoms with van der Waals surface area (Å²) in [5.74, 6) is 0.247. The minimum absolute atomic E-state index is 0.0113. The molecule has 1 atom stereocenters. The molecule has 0 saturated carbocycles. The van der Waals surface area contributed by atoms with E-state index < -0.39 is 6.10 Å². The lowest BCUT2D eigenvalue weighted by atomic mass is 9.99. The maximum atomic E-state index is 11.3. The zero-order valence-corrected chi connectivity index (χ0v) is 11.3. The van der Waals surface area contributed by atoms with Crippen LogP contribution in [0.4, 0.5) is 0 Å². The first kappa shape index (κ1) is 14.7. The number of benzene rings is 1. The molecule has 3 nitrogen and oxygen atoms in total. The highest BCUT2D eigenvalue weighted by molar-refractivity contribution is 5.70. The number of aliphatic hydroxyl groups is 1. The number of hydrogen-bond acceptors (Lipinski definition) is 3. The molecule has 0 aliphatic carbocycles. The molecule has 0 spiro atoms. The third-order valence-electron chi connectivity index (χ3n) is 2.67. The second kappa shape index (κ2) is 7.17. The summed E-state index contributed by atoms with van der Waals surface area (Å²) in [6, 6.07) is 7.76. The first-order valence-corrected chi connectivity index (χ1v) is 6.45. The number of ether oxygens (including phenoxy) is 1. The van der Waals surface area contributed by atoms with Crippen LogP contribution in [0, 0.1) is 5.92 Å². The average Bonchev–Trinajstić information content (AvgIpc) is 2.29. The fourth-order valence-electron chi connectivity index (χ4n) is 1.84. The lowest BCUT2D eigenvalue weighted by Gasteiger charge is -2.11. The first-order valence-electron chi connectivity index (χ1n) is 6.45. The Hall–Kier alpha value is -1.35. The molecule has 18 heavy (non-hydrogen) atoms. The van der Waals surface area contributed by atoms with Crippen molar-refractivity contribution in [3.05, 3.63) is 35.4 Å². The molecule has 0 aromatic heterocycles. The van der Waals surface area contributed by atoms with Crippen LogP contribution < -0.4 is 0 Å². The van der Waals surface area contributed by atoms with E-state index in [4.69, 9.17) is 4.74 Å². The largest absolute Gasteiger partial charge is 0.466 e. The van der Waals surface area contributed by atoms with Gasteiger partial charge in [0.2, 0.25) is 0 Å². The topological polar surface area (TPSA) is 46.5 Å². The molecule has 0 aliphatic heterocycles. The third kappa shape index (κ3) is 4.88. The van der Waals surface area contributed by atoms with E-state index in [0.717, 1.165) is 12.0 Å². The molecular formula is C15H22O3. The molecule has 0 bridgehead atoms. The molecule has 100 valence electrons. The summed E-state index contributed by atoms with van der Waals surface area (Å²) < 4.78 is 4.81. The lowest BCUT2D eigenvalue weighted by molar-refractivity contribution is -0.145. The van der Waals surface area contributed by atoms with Gasteiger partial charge in [-0.1, -0.05) is 38.1 Å². The van der Waals surface area contributed by atoms with Gasteiger partial charge < -0.3 is 9.84 Å². The number of esters is 1. The summed E-state index contributed by atoms with van der Waals surface area (Å²) in [5, 5.41) is 9.89. The van der Waals surface area contributed by atoms with Crippen molar-refractivity contribution in [2.45, 2.75) is 39.7 Å². The van der Waals surface area contributed by atoms with Gasteiger partial charge in [0.1, 0.15) is 0 Å². The van der Waals surface area contributed by atoms with E-state index >= 15 is 0 Å². The van der Waals surface area contributed by atoms with Crippen LogP contribution in [-0.2, 0) is 16.0 Å². The van der Waals surface area contributed by atoms with E-state index in [1.807, 2.05) is 24.3 Å². The maximum Gasteiger partial charge on any atom is 0.308 e. The molecular weight excluding hydrogens is 228 g/mol. The molecule has 3 heteroatoms. The van der Waals surface area contributed by atoms with Crippen molar-refractivity contribution in [2.75, 3.05) is 6.61 Å². The molecule has 1 rings (SSSR count). The van der Waals surface area contributed by atoms with Crippen LogP contribution >= 0.6 is 0 Å². The van der Waals surface area contributed by atoms with Gasteiger partial charge in [0.15, 0.2) is 0 Å². The van der Waals surface area contributed by atoms with Crippen molar-refractivity contribution in [1.29, 1.82) is 0 Å². The van der Waals surface area contributed by atoms with Gasteiger partial charge in [0, 0.05) is 0 Å². The minimum Gasteiger partial charge on any atom is -0.466 e. The van der Waals surface area contributed by atoms with Gasteiger partial charge in [0.25, 0.3) is 0 Å². The Bertz CT molecular complexity index is 368. The Kier molecular flexibility index (Phi) is 5.86. The summed E-state index contributed by atoms with van der Waals surface area (Å²) in [6.45, 7) is 6.44. The third-order valence-corrected chi connectivity index (χ3v) is 2.67. The van der Waals surface area contributed by atoms with Crippen LogP contribution in [0.2, 0.25) is 0 Å². The van der Waals surface area contributed by atoms with Gasteiger partial charge in [-0.15, -0.1) is 0 Å². The molecule has 0 saturated heterocycles. The van der Waals surface area contributed by atoms with Gasteiger partial charge in [-0.05, 0) is 30.4 Å². The standard InChI is InChI=1S/C15H22O3/c1-4-18-15(17)10-14(16)13-7-5-12(6-8-13)9-11(2)3/h5-8,11,14,16H,4,9-10H2,1-3H3. The summed E-state index contributed by atoms with van der Waals surface area (Å²) in [7, 11) is 0. The molecule has 1 aromatic carbocycles. The first-order chi connectivity index (χ1) is 8.52. The number of aliphatic hydroxyl groups excluding tert-OH is 1. The van der Waals surface area contributed by atoms with E-state index in [0.29, 0.717) is 12.5 Å². The van der Waals surface area contributed by atoms with Crippen molar-refractivity contribution in [2.24, 2.45) is 5.92 Å². The summed E-state index contributed by atoms with van der Waals surface area (Å²) in [6.07, 6.45) is 0.253. The monoisotopic (exact) mass is 250 g/mol. The van der Waals surface area contributed by atoms with E-state index in [2.05, 4.69) is 13.8 Å². The van der Waals surface area contributed by atoms with Crippen LogP contribution in [0.15, 0.2) is 24.3 Å². The van der Waals surface area contributed by atoms with Crippen LogP contribution in [0.25, 0.3) is 0 Å². The Labute approximate surface area is 109 Å². The molecule has 1 unspecified atom stereocenters. The fraction of sp³-hybridized carbons (Fsp3) is 0.533. The van der Waals surface area contributed by atoms with Crippen LogP contribution in [-0.4, -0.2) is 17.7 Å². The smallest absolute Gasteiger partial charge is 0.308 e. The predicted octanol–water partition coefficient (Wildman–Crippen LogP) is 2.87. The minimum atomic E-state index is -0.780. The fourth-order valence-corrected chi connectivity index (χ4v) is 1.84. The number of carbonyl (C=O) groups is 1. The normalized spacial score (nSPS) is 12.5. The SMILES string of the molecule is CCOC(=O)CC(O)c1ccc(CC(C)C)cc1. The second-order valence-electron chi connectivity index (χ2n) is 4.86. The van der Waals surface area contributed by atoms with E-state index in [1.54, 1.807) is 6.92 Å². The summed E-state index contributed by atoms with van der Waals surface area (Å²) in [4.78, 5) is 11.3. The van der Waals surface area contributed by atoms with Crippen molar-refractivity contribution < 1.29 is 14.6 Å². The molecule has 0 aliphatic rings. The molecule has 0 fully saturated rings. The molecule has 0 heterocycles. The molecule has 1 aromatic rings.